The number of amides is 3. The maximum absolute atomic E-state index is 12.4. The van der Waals surface area contributed by atoms with Gasteiger partial charge >= 0.3 is 6.09 Å². The van der Waals surface area contributed by atoms with Gasteiger partial charge in [-0.1, -0.05) is 12.1 Å². The van der Waals surface area contributed by atoms with E-state index >= 15 is 0 Å². The van der Waals surface area contributed by atoms with Crippen molar-refractivity contribution < 1.29 is 24.0 Å². The van der Waals surface area contributed by atoms with E-state index in [4.69, 9.17) is 9.57 Å². The third-order valence-electron chi connectivity index (χ3n) is 4.47. The summed E-state index contributed by atoms with van der Waals surface area (Å²) in [6.45, 7) is 7.83. The minimum atomic E-state index is -0.551. The number of hydrogen-bond donors (Lipinski definition) is 0. The van der Waals surface area contributed by atoms with Gasteiger partial charge in [0.2, 0.25) is 0 Å². The van der Waals surface area contributed by atoms with Crippen LogP contribution in [0, 0.1) is 0 Å². The van der Waals surface area contributed by atoms with E-state index in [1.54, 1.807) is 29.2 Å². The maximum atomic E-state index is 12.4. The fourth-order valence-corrected chi connectivity index (χ4v) is 3.23. The highest BCUT2D eigenvalue weighted by atomic mass is 16.7. The molecule has 2 atom stereocenters. The van der Waals surface area contributed by atoms with E-state index in [1.807, 2.05) is 27.7 Å². The summed E-state index contributed by atoms with van der Waals surface area (Å²) in [6, 6.07) is 6.56. The molecule has 2 aliphatic heterocycles. The van der Waals surface area contributed by atoms with E-state index in [0.29, 0.717) is 30.5 Å². The Bertz CT molecular complexity index is 705. The molecule has 140 valence electrons. The van der Waals surface area contributed by atoms with E-state index in [2.05, 4.69) is 0 Å². The zero-order valence-corrected chi connectivity index (χ0v) is 15.5. The smallest absolute Gasteiger partial charge is 0.410 e. The molecule has 1 saturated heterocycles. The summed E-state index contributed by atoms with van der Waals surface area (Å²) in [5.74, 6) is -0.874. The van der Waals surface area contributed by atoms with Crippen molar-refractivity contribution in [2.75, 3.05) is 6.54 Å². The molecule has 0 bridgehead atoms. The Morgan fingerprint density at radius 3 is 2.19 bits per heavy atom. The highest BCUT2D eigenvalue weighted by molar-refractivity contribution is 6.20. The van der Waals surface area contributed by atoms with E-state index in [1.165, 1.54) is 0 Å². The van der Waals surface area contributed by atoms with Crippen LogP contribution >= 0.6 is 0 Å². The minimum Gasteiger partial charge on any atom is -0.444 e. The van der Waals surface area contributed by atoms with Crippen LogP contribution in [0.2, 0.25) is 0 Å². The molecule has 1 aromatic carbocycles. The van der Waals surface area contributed by atoms with Crippen LogP contribution in [0.5, 0.6) is 0 Å². The van der Waals surface area contributed by atoms with E-state index in [9.17, 15) is 14.4 Å². The number of hydroxylamine groups is 2. The Morgan fingerprint density at radius 1 is 1.12 bits per heavy atom. The summed E-state index contributed by atoms with van der Waals surface area (Å²) < 4.78 is 5.42. The van der Waals surface area contributed by atoms with Crippen molar-refractivity contribution in [1.82, 2.24) is 9.96 Å². The van der Waals surface area contributed by atoms with Crippen molar-refractivity contribution in [1.29, 1.82) is 0 Å². The number of imide groups is 1. The van der Waals surface area contributed by atoms with Crippen LogP contribution in [0.15, 0.2) is 24.3 Å². The third-order valence-corrected chi connectivity index (χ3v) is 4.47. The summed E-state index contributed by atoms with van der Waals surface area (Å²) in [4.78, 5) is 44.4. The van der Waals surface area contributed by atoms with Crippen LogP contribution in [0.1, 0.15) is 61.3 Å². The van der Waals surface area contributed by atoms with Crippen LogP contribution in [0.25, 0.3) is 0 Å². The molecule has 1 aromatic rings. The van der Waals surface area contributed by atoms with Gasteiger partial charge in [0, 0.05) is 12.6 Å². The molecule has 2 aliphatic rings. The number of nitrogens with zero attached hydrogens (tertiary/aromatic N) is 2. The Labute approximate surface area is 152 Å². The van der Waals surface area contributed by atoms with E-state index < -0.39 is 17.4 Å². The van der Waals surface area contributed by atoms with Gasteiger partial charge in [0.25, 0.3) is 11.8 Å². The number of carbonyl (C=O) groups is 3. The Kier molecular flexibility index (Phi) is 4.75. The van der Waals surface area contributed by atoms with Gasteiger partial charge in [-0.25, -0.2) is 4.79 Å². The Balaban J connectivity index is 1.61. The van der Waals surface area contributed by atoms with Gasteiger partial charge in [-0.3, -0.25) is 14.4 Å². The topological polar surface area (TPSA) is 76.2 Å². The molecule has 2 heterocycles. The van der Waals surface area contributed by atoms with Gasteiger partial charge < -0.3 is 9.64 Å². The summed E-state index contributed by atoms with van der Waals surface area (Å²) >= 11 is 0. The summed E-state index contributed by atoms with van der Waals surface area (Å²) in [5, 5.41) is 0.852. The second-order valence-electron chi connectivity index (χ2n) is 7.72. The monoisotopic (exact) mass is 360 g/mol. The van der Waals surface area contributed by atoms with Gasteiger partial charge in [0.05, 0.1) is 17.2 Å². The standard InChI is InChI=1S/C19H24N2O5/c1-12-11-13(9-10-20(12)18(24)25-19(2,3)4)26-21-16(22)14-7-5-6-8-15(14)17(21)23/h5-8,12-13H,9-11H2,1-4H3/t12-,13+/m0/s1. The lowest BCUT2D eigenvalue weighted by Gasteiger charge is -2.38. The number of likely N-dealkylation sites (tertiary alicyclic amines) is 1. The SMILES string of the molecule is C[C@H]1C[C@H](ON2C(=O)c3ccccc3C2=O)CCN1C(=O)OC(C)(C)C. The minimum absolute atomic E-state index is 0.112. The number of carbonyl (C=O) groups excluding carboxylic acids is 3. The molecule has 26 heavy (non-hydrogen) atoms. The van der Waals surface area contributed by atoms with Crippen LogP contribution in [0.4, 0.5) is 4.79 Å². The van der Waals surface area contributed by atoms with Gasteiger partial charge in [-0.2, -0.15) is 0 Å². The molecule has 0 saturated carbocycles. The fraction of sp³-hybridized carbons (Fsp3) is 0.526. The van der Waals surface area contributed by atoms with Crippen molar-refractivity contribution in [3.05, 3.63) is 35.4 Å². The highest BCUT2D eigenvalue weighted by Crippen LogP contribution is 2.27. The van der Waals surface area contributed by atoms with Gasteiger partial charge in [0.15, 0.2) is 0 Å². The molecular formula is C19H24N2O5. The number of hydrogen-bond acceptors (Lipinski definition) is 5. The number of fused-ring (bicyclic) bond motifs is 1. The van der Waals surface area contributed by atoms with E-state index in [0.717, 1.165) is 5.06 Å². The Morgan fingerprint density at radius 2 is 1.69 bits per heavy atom. The van der Waals surface area contributed by atoms with Gasteiger partial charge in [0.1, 0.15) is 5.60 Å². The molecule has 0 unspecified atom stereocenters. The lowest BCUT2D eigenvalue weighted by Crippen LogP contribution is -2.50. The highest BCUT2D eigenvalue weighted by Gasteiger charge is 2.40. The lowest BCUT2D eigenvalue weighted by atomic mass is 10.0. The molecule has 0 radical (unpaired) electrons. The predicted molar refractivity (Wildman–Crippen MR) is 93.5 cm³/mol. The molecule has 7 heteroatoms. The van der Waals surface area contributed by atoms with Crippen molar-refractivity contribution in [3.8, 4) is 0 Å². The van der Waals surface area contributed by atoms with Crippen LogP contribution in [-0.4, -0.2) is 52.2 Å². The molecule has 0 spiro atoms. The first kappa shape index (κ1) is 18.4. The van der Waals surface area contributed by atoms with Crippen LogP contribution in [-0.2, 0) is 9.57 Å². The average Bonchev–Trinajstić information content (AvgIpc) is 2.79. The maximum Gasteiger partial charge on any atom is 0.410 e. The first-order valence-corrected chi connectivity index (χ1v) is 8.81. The quantitative estimate of drug-likeness (QED) is 0.758. The zero-order valence-electron chi connectivity index (χ0n) is 15.5. The molecular weight excluding hydrogens is 336 g/mol. The lowest BCUT2D eigenvalue weighted by molar-refractivity contribution is -0.150. The molecule has 0 aliphatic carbocycles. The number of benzene rings is 1. The molecule has 3 rings (SSSR count). The fourth-order valence-electron chi connectivity index (χ4n) is 3.23. The van der Waals surface area contributed by atoms with E-state index in [-0.39, 0.29) is 18.2 Å². The molecule has 3 amide bonds. The molecule has 0 aromatic heterocycles. The number of piperidine rings is 1. The third kappa shape index (κ3) is 3.58. The first-order chi connectivity index (χ1) is 12.2. The second kappa shape index (κ2) is 6.72. The van der Waals surface area contributed by atoms with Crippen molar-refractivity contribution >= 4 is 17.9 Å². The molecule has 1 fully saturated rings. The largest absolute Gasteiger partial charge is 0.444 e. The Hall–Kier alpha value is -2.41. The molecule has 7 nitrogen and oxygen atoms in total. The van der Waals surface area contributed by atoms with Crippen molar-refractivity contribution in [2.45, 2.75) is 58.3 Å². The summed E-state index contributed by atoms with van der Waals surface area (Å²) in [6.07, 6.45) is 0.374. The average molecular weight is 360 g/mol. The predicted octanol–water partition coefficient (Wildman–Crippen LogP) is 3.00. The zero-order chi connectivity index (χ0) is 19.1. The van der Waals surface area contributed by atoms with Gasteiger partial charge in [-0.05, 0) is 52.7 Å². The second-order valence-corrected chi connectivity index (χ2v) is 7.72. The van der Waals surface area contributed by atoms with Gasteiger partial charge in [-0.15, -0.1) is 5.06 Å². The molecule has 0 N–H and O–H groups in total. The summed E-state index contributed by atoms with van der Waals surface area (Å²) in [5.41, 5.74) is 0.165. The number of ether oxygens (including phenoxy) is 1. The summed E-state index contributed by atoms with van der Waals surface area (Å²) in [7, 11) is 0. The normalized spacial score (nSPS) is 23.2. The van der Waals surface area contributed by atoms with Crippen LogP contribution < -0.4 is 0 Å². The first-order valence-electron chi connectivity index (χ1n) is 8.81. The number of rotatable bonds is 2. The van der Waals surface area contributed by atoms with Crippen molar-refractivity contribution in [3.63, 3.8) is 0 Å². The van der Waals surface area contributed by atoms with Crippen LogP contribution in [0.3, 0.4) is 0 Å². The van der Waals surface area contributed by atoms with Crippen molar-refractivity contribution in [2.24, 2.45) is 0 Å².